The van der Waals surface area contributed by atoms with E-state index in [-0.39, 0.29) is 36.8 Å². The maximum Gasteiger partial charge on any atom is 0.272 e. The molecule has 8 heteroatoms. The van der Waals surface area contributed by atoms with Gasteiger partial charge in [0.2, 0.25) is 11.8 Å². The predicted molar refractivity (Wildman–Crippen MR) is 99.8 cm³/mol. The first kappa shape index (κ1) is 18.2. The van der Waals surface area contributed by atoms with Gasteiger partial charge in [-0.05, 0) is 18.2 Å². The van der Waals surface area contributed by atoms with Crippen LogP contribution in [0.5, 0.6) is 0 Å². The molecule has 0 fully saturated rings. The Kier molecular flexibility index (Phi) is 5.88. The Labute approximate surface area is 155 Å². The number of hydrogen-bond donors (Lipinski definition) is 3. The van der Waals surface area contributed by atoms with E-state index in [4.69, 9.17) is 0 Å². The van der Waals surface area contributed by atoms with Gasteiger partial charge in [0.05, 0.1) is 29.7 Å². The normalized spacial score (nSPS) is 10.5. The van der Waals surface area contributed by atoms with Crippen molar-refractivity contribution < 1.29 is 9.59 Å². The molecule has 0 saturated carbocycles. The zero-order chi connectivity index (χ0) is 19.1. The van der Waals surface area contributed by atoms with Crippen LogP contribution in [0.4, 0.5) is 0 Å². The van der Waals surface area contributed by atoms with Crippen molar-refractivity contribution in [3.8, 4) is 0 Å². The summed E-state index contributed by atoms with van der Waals surface area (Å²) in [5.74, 6) is -0.439. The van der Waals surface area contributed by atoms with Crippen molar-refractivity contribution >= 4 is 22.6 Å². The monoisotopic (exact) mass is 365 g/mol. The molecule has 3 rings (SSSR count). The number of fused-ring (bicyclic) bond motifs is 1. The molecule has 0 unspecified atom stereocenters. The molecule has 3 aromatic rings. The Balaban J connectivity index is 1.47. The molecule has 2 amide bonds. The summed E-state index contributed by atoms with van der Waals surface area (Å²) in [6, 6.07) is 12.5. The van der Waals surface area contributed by atoms with Gasteiger partial charge in [0, 0.05) is 24.5 Å². The second kappa shape index (κ2) is 8.70. The van der Waals surface area contributed by atoms with Crippen LogP contribution >= 0.6 is 0 Å². The number of H-pyrrole nitrogens is 1. The molecule has 1 aromatic carbocycles. The van der Waals surface area contributed by atoms with E-state index in [1.807, 2.05) is 12.1 Å². The summed E-state index contributed by atoms with van der Waals surface area (Å²) >= 11 is 0. The van der Waals surface area contributed by atoms with Gasteiger partial charge in [0.25, 0.3) is 5.56 Å². The summed E-state index contributed by atoms with van der Waals surface area (Å²) in [6.45, 7) is 0.565. The van der Waals surface area contributed by atoms with Gasteiger partial charge in [0.1, 0.15) is 0 Å². The largest absolute Gasteiger partial charge is 0.355 e. The number of amides is 2. The highest BCUT2D eigenvalue weighted by Crippen LogP contribution is 2.12. The molecule has 2 heterocycles. The molecule has 0 atom stereocenters. The van der Waals surface area contributed by atoms with Crippen LogP contribution in [0.1, 0.15) is 17.8 Å². The van der Waals surface area contributed by atoms with E-state index >= 15 is 0 Å². The number of nitrogens with zero attached hydrogens (tertiary/aromatic N) is 2. The molecule has 2 aromatic heterocycles. The Bertz CT molecular complexity index is 1000. The van der Waals surface area contributed by atoms with Gasteiger partial charge in [-0.15, -0.1) is 0 Å². The fraction of sp³-hybridized carbons (Fsp3) is 0.211. The third kappa shape index (κ3) is 4.97. The number of aromatic nitrogens is 3. The Hall–Kier alpha value is -3.55. The molecule has 138 valence electrons. The van der Waals surface area contributed by atoms with Gasteiger partial charge in [0.15, 0.2) is 0 Å². The maximum absolute atomic E-state index is 12.1. The number of carbonyl (C=O) groups excluding carboxylic acids is 2. The van der Waals surface area contributed by atoms with Crippen molar-refractivity contribution in [1.29, 1.82) is 0 Å². The molecule has 0 aliphatic rings. The number of pyridine rings is 1. The topological polar surface area (TPSA) is 117 Å². The first-order chi connectivity index (χ1) is 13.1. The standard InChI is InChI=1S/C19H19N5O3/c25-17(22-12-13-5-3-4-9-20-13)8-10-21-18(26)11-16-14-6-1-2-7-15(14)19(27)24-23-16/h1-7,9H,8,10-12H2,(H,21,26)(H,22,25)(H,24,27). The fourth-order valence-electron chi connectivity index (χ4n) is 2.62. The smallest absolute Gasteiger partial charge is 0.272 e. The summed E-state index contributed by atoms with van der Waals surface area (Å²) in [5.41, 5.74) is 0.965. The first-order valence-electron chi connectivity index (χ1n) is 8.53. The molecular weight excluding hydrogens is 346 g/mol. The second-order valence-electron chi connectivity index (χ2n) is 5.92. The highest BCUT2D eigenvalue weighted by molar-refractivity contribution is 5.88. The molecular formula is C19H19N5O3. The van der Waals surface area contributed by atoms with Gasteiger partial charge >= 0.3 is 0 Å². The zero-order valence-corrected chi connectivity index (χ0v) is 14.6. The van der Waals surface area contributed by atoms with Crippen LogP contribution in [-0.4, -0.2) is 33.5 Å². The van der Waals surface area contributed by atoms with E-state index in [2.05, 4.69) is 25.8 Å². The van der Waals surface area contributed by atoms with Crippen molar-refractivity contribution in [1.82, 2.24) is 25.8 Å². The van der Waals surface area contributed by atoms with Gasteiger partial charge in [-0.25, -0.2) is 5.10 Å². The highest BCUT2D eigenvalue weighted by Gasteiger charge is 2.11. The number of hydrogen-bond acceptors (Lipinski definition) is 5. The van der Waals surface area contributed by atoms with E-state index < -0.39 is 0 Å². The SMILES string of the molecule is O=C(CCNC(=O)Cc1n[nH]c(=O)c2ccccc12)NCc1ccccn1. The Morgan fingerprint density at radius 1 is 0.963 bits per heavy atom. The van der Waals surface area contributed by atoms with Crippen LogP contribution in [-0.2, 0) is 22.6 Å². The minimum absolute atomic E-state index is 0.0207. The Morgan fingerprint density at radius 2 is 1.74 bits per heavy atom. The van der Waals surface area contributed by atoms with Gasteiger partial charge in [-0.3, -0.25) is 19.4 Å². The molecule has 0 spiro atoms. The number of nitrogens with one attached hydrogen (secondary N) is 3. The minimum atomic E-state index is -0.292. The first-order valence-corrected chi connectivity index (χ1v) is 8.53. The molecule has 0 aliphatic carbocycles. The van der Waals surface area contributed by atoms with E-state index in [0.717, 1.165) is 5.69 Å². The molecule has 0 aliphatic heterocycles. The molecule has 0 bridgehead atoms. The number of carbonyl (C=O) groups is 2. The molecule has 0 saturated heterocycles. The van der Waals surface area contributed by atoms with Crippen LogP contribution in [0, 0.1) is 0 Å². The number of benzene rings is 1. The summed E-state index contributed by atoms with van der Waals surface area (Å²) in [6.07, 6.45) is 1.85. The third-order valence-corrected chi connectivity index (χ3v) is 3.97. The lowest BCUT2D eigenvalue weighted by molar-refractivity contribution is -0.122. The van der Waals surface area contributed by atoms with Crippen LogP contribution < -0.4 is 16.2 Å². The Morgan fingerprint density at radius 3 is 2.52 bits per heavy atom. The number of rotatable bonds is 7. The summed E-state index contributed by atoms with van der Waals surface area (Å²) in [7, 11) is 0. The van der Waals surface area contributed by atoms with Crippen molar-refractivity contribution in [2.24, 2.45) is 0 Å². The highest BCUT2D eigenvalue weighted by atomic mass is 16.2. The molecule has 3 N–H and O–H groups in total. The minimum Gasteiger partial charge on any atom is -0.355 e. The van der Waals surface area contributed by atoms with Gasteiger partial charge < -0.3 is 10.6 Å². The van der Waals surface area contributed by atoms with Crippen molar-refractivity contribution in [3.05, 3.63) is 70.4 Å². The van der Waals surface area contributed by atoms with E-state index in [1.165, 1.54) is 0 Å². The molecule has 27 heavy (non-hydrogen) atoms. The second-order valence-corrected chi connectivity index (χ2v) is 5.92. The predicted octanol–water partition coefficient (Wildman–Crippen LogP) is 0.683. The molecule has 8 nitrogen and oxygen atoms in total. The van der Waals surface area contributed by atoms with E-state index in [1.54, 1.807) is 36.5 Å². The molecule has 0 radical (unpaired) electrons. The van der Waals surface area contributed by atoms with Crippen molar-refractivity contribution in [2.45, 2.75) is 19.4 Å². The average molecular weight is 365 g/mol. The summed E-state index contributed by atoms with van der Waals surface area (Å²) < 4.78 is 0. The van der Waals surface area contributed by atoms with Crippen molar-refractivity contribution in [2.75, 3.05) is 6.54 Å². The maximum atomic E-state index is 12.1. The quantitative estimate of drug-likeness (QED) is 0.569. The number of aromatic amines is 1. The summed E-state index contributed by atoms with van der Waals surface area (Å²) in [4.78, 5) is 39.8. The van der Waals surface area contributed by atoms with E-state index in [9.17, 15) is 14.4 Å². The van der Waals surface area contributed by atoms with Crippen LogP contribution in [0.3, 0.4) is 0 Å². The lowest BCUT2D eigenvalue weighted by Gasteiger charge is -2.07. The van der Waals surface area contributed by atoms with Gasteiger partial charge in [-0.1, -0.05) is 24.3 Å². The van der Waals surface area contributed by atoms with Crippen molar-refractivity contribution in [3.63, 3.8) is 0 Å². The summed E-state index contributed by atoms with van der Waals surface area (Å²) in [5, 5.41) is 12.9. The lowest BCUT2D eigenvalue weighted by atomic mass is 10.1. The van der Waals surface area contributed by atoms with Crippen LogP contribution in [0.15, 0.2) is 53.5 Å². The third-order valence-electron chi connectivity index (χ3n) is 3.97. The van der Waals surface area contributed by atoms with E-state index in [0.29, 0.717) is 23.0 Å². The lowest BCUT2D eigenvalue weighted by Crippen LogP contribution is -2.31. The fourth-order valence-corrected chi connectivity index (χ4v) is 2.62. The van der Waals surface area contributed by atoms with Crippen LogP contribution in [0.2, 0.25) is 0 Å². The van der Waals surface area contributed by atoms with Crippen LogP contribution in [0.25, 0.3) is 10.8 Å². The average Bonchev–Trinajstić information content (AvgIpc) is 2.69. The van der Waals surface area contributed by atoms with Gasteiger partial charge in [-0.2, -0.15) is 5.10 Å². The zero-order valence-electron chi connectivity index (χ0n) is 14.6.